The van der Waals surface area contributed by atoms with Crippen LogP contribution in [0.4, 0.5) is 35.1 Å². The summed E-state index contributed by atoms with van der Waals surface area (Å²) in [6, 6.07) is 50.7. The third-order valence-electron chi connectivity index (χ3n) is 24.9. The molecule has 0 saturated carbocycles. The predicted molar refractivity (Wildman–Crippen MR) is 526 cm³/mol. The zero-order valence-electron chi connectivity index (χ0n) is 77.9. The number of hydrogen-bond acceptors (Lipinski definition) is 29. The molecule has 780 valence electrons. The summed E-state index contributed by atoms with van der Waals surface area (Å²) in [5.41, 5.74) is 12.2. The zero-order valence-corrected chi connectivity index (χ0v) is 84.4. The third kappa shape index (κ3) is 26.9. The van der Waals surface area contributed by atoms with Crippen LogP contribution in [0.1, 0.15) is 96.6 Å². The van der Waals surface area contributed by atoms with Crippen molar-refractivity contribution in [2.45, 2.75) is 148 Å². The second kappa shape index (κ2) is 50.4. The molecule has 0 spiro atoms. The van der Waals surface area contributed by atoms with Crippen LogP contribution < -0.4 is 45.6 Å². The maximum Gasteiger partial charge on any atom is 0.573 e. The van der Waals surface area contributed by atoms with Crippen LogP contribution in [0.5, 0.6) is 28.7 Å². The summed E-state index contributed by atoms with van der Waals surface area (Å²) >= 11 is 6.18. The molecule has 4 aliphatic heterocycles. The van der Waals surface area contributed by atoms with Crippen molar-refractivity contribution in [2.24, 2.45) is 0 Å². The Hall–Kier alpha value is -11.6. The third-order valence-corrected chi connectivity index (χ3v) is 39.0. The van der Waals surface area contributed by atoms with Crippen molar-refractivity contribution >= 4 is 108 Å². The molecular weight excluding hydrogens is 2080 g/mol. The van der Waals surface area contributed by atoms with Gasteiger partial charge in [-0.3, -0.25) is 40.0 Å². The van der Waals surface area contributed by atoms with Gasteiger partial charge in [-0.05, 0) is 333 Å². The lowest BCUT2D eigenvalue weighted by Gasteiger charge is -2.34. The van der Waals surface area contributed by atoms with Gasteiger partial charge in [0.05, 0.1) is 46.0 Å². The fourth-order valence-electron chi connectivity index (χ4n) is 16.7. The molecule has 0 atom stereocenters. The number of sulfone groups is 4. The molecular formula is C101H102F8N4O25S8. The van der Waals surface area contributed by atoms with E-state index in [1.807, 2.05) is 39.7 Å². The van der Waals surface area contributed by atoms with Gasteiger partial charge in [0.15, 0.2) is 70.0 Å². The summed E-state index contributed by atoms with van der Waals surface area (Å²) in [6.45, 7) is 2.37. The molecule has 0 aliphatic carbocycles. The summed E-state index contributed by atoms with van der Waals surface area (Å²) in [7, 11) is -16.4. The summed E-state index contributed by atoms with van der Waals surface area (Å²) in [5.74, 6) is -5.43. The SMILES string of the molecule is O=C(NO)C1(S(=O)(=O)c2ccc(OCCCc3cc(-c4ccc(F)c(F)c4)cs3)cc2)CCOCC1.O=C(NO)C1(S(=O)(=O)c2ccc(OCCCc3cc(-c4ccc(F)cc4)cs3)cc2)CCOCC1.O=C(NO)C1(S(=O)(=O)c2ccc(OCCCc3cc(-c4ccc(F)cc4F)cs3)cc2)CCOCC1.O=C(NO)C1(S(=O)(=O)c2ccc(OCCCc3cc(-c4ccc(OC(F)(F)F)cc4)cs3)cc2)CCOCC1. The van der Waals surface area contributed by atoms with Crippen LogP contribution in [0, 0.1) is 29.1 Å². The van der Waals surface area contributed by atoms with E-state index in [0.29, 0.717) is 98.2 Å². The number of carbonyl (C=O) groups is 4. The summed E-state index contributed by atoms with van der Waals surface area (Å²) in [6.07, 6.45) is 0.601. The van der Waals surface area contributed by atoms with Crippen LogP contribution in [0.2, 0.25) is 0 Å². The Labute approximate surface area is 852 Å². The van der Waals surface area contributed by atoms with Gasteiger partial charge >= 0.3 is 6.36 Å². The molecule has 8 N–H and O–H groups in total. The minimum Gasteiger partial charge on any atom is -0.494 e. The number of carbonyl (C=O) groups excluding carboxylic acids is 4. The molecule has 12 aromatic rings. The Morgan fingerprint density at radius 1 is 0.301 bits per heavy atom. The van der Waals surface area contributed by atoms with Gasteiger partial charge in [-0.25, -0.2) is 77.5 Å². The first-order chi connectivity index (χ1) is 69.9. The maximum absolute atomic E-state index is 14.0. The average Bonchev–Trinajstić information content (AvgIpc) is 0.774. The van der Waals surface area contributed by atoms with Crippen LogP contribution in [0.25, 0.3) is 44.5 Å². The Kier molecular flexibility index (Phi) is 38.5. The van der Waals surface area contributed by atoms with Crippen molar-refractivity contribution in [1.29, 1.82) is 0 Å². The molecule has 29 nitrogen and oxygen atoms in total. The van der Waals surface area contributed by atoms with Gasteiger partial charge in [0.2, 0.25) is 0 Å². The molecule has 0 unspecified atom stereocenters. The highest BCUT2D eigenvalue weighted by atomic mass is 32.2. The van der Waals surface area contributed by atoms with Gasteiger partial charge in [-0.2, -0.15) is 0 Å². The molecule has 0 radical (unpaired) electrons. The maximum atomic E-state index is 14.0. The van der Waals surface area contributed by atoms with Crippen molar-refractivity contribution in [3.8, 4) is 73.3 Å². The van der Waals surface area contributed by atoms with Gasteiger partial charge in [0, 0.05) is 84.0 Å². The molecule has 16 rings (SSSR count). The molecule has 8 aromatic carbocycles. The largest absolute Gasteiger partial charge is 0.573 e. The van der Waals surface area contributed by atoms with Crippen LogP contribution in [-0.2, 0) is 103 Å². The number of hydroxylamine groups is 4. The van der Waals surface area contributed by atoms with E-state index in [1.54, 1.807) is 47.7 Å². The normalized spacial score (nSPS) is 15.5. The van der Waals surface area contributed by atoms with Crippen molar-refractivity contribution in [3.63, 3.8) is 0 Å². The second-order valence-corrected chi connectivity index (χ2v) is 47.0. The number of ether oxygens (including phenoxy) is 9. The smallest absolute Gasteiger partial charge is 0.494 e. The topological polar surface area (TPSA) is 417 Å². The Morgan fingerprint density at radius 3 is 0.842 bits per heavy atom. The number of nitrogens with one attached hydrogen (secondary N) is 4. The van der Waals surface area contributed by atoms with Gasteiger partial charge in [0.25, 0.3) is 23.6 Å². The van der Waals surface area contributed by atoms with Gasteiger partial charge in [0.1, 0.15) is 46.2 Å². The highest BCUT2D eigenvalue weighted by Crippen LogP contribution is 2.43. The Balaban J connectivity index is 0.000000163. The molecule has 45 heteroatoms. The van der Waals surface area contributed by atoms with E-state index in [-0.39, 0.29) is 135 Å². The van der Waals surface area contributed by atoms with E-state index in [9.17, 15) is 88.0 Å². The van der Waals surface area contributed by atoms with Crippen LogP contribution in [0.15, 0.2) is 247 Å². The standard InChI is InChI=1S/C26H26F3NO7S2.2C25H25F2NO6S2.C25H26FNO6S2/c27-26(28,29)37-21-5-3-18(4-6-21)19-16-22(38-17-19)2-1-13-36-20-7-9-23(10-8-20)39(33,34)25(24(31)30-32)11-14-35-15-12-25;26-18-3-8-22(23(27)15-18)17-14-20(35-16-17)2-1-11-34-19-4-6-21(7-5-19)36(31,32)25(24(29)28-30)9-12-33-13-10-25;26-22-8-3-17(15-23(22)27)18-14-20(35-16-18)2-1-11-34-19-4-6-21(7-5-19)36(31,32)25(24(29)28-30)9-12-33-13-10-25;26-20-5-3-18(4-6-20)19-16-22(34-17-19)2-1-13-33-21-7-9-23(10-8-21)35(30,31)25(24(28)27-29)11-14-32-15-12-25/h3-10,16-17,32H,1-2,11-15H2,(H,30,31);2*3-8,14-16,30H,1-2,9-13H2,(H,28,29);3-10,16-17,29H,1-2,11-15H2,(H,27,28). The molecule has 4 saturated heterocycles. The average molecular weight is 2180 g/mol. The molecule has 4 amide bonds. The monoisotopic (exact) mass is 2180 g/mol. The van der Waals surface area contributed by atoms with Gasteiger partial charge in [-0.15, -0.1) is 58.5 Å². The lowest BCUT2D eigenvalue weighted by molar-refractivity contribution is -0.274. The van der Waals surface area contributed by atoms with Crippen LogP contribution in [0.3, 0.4) is 0 Å². The summed E-state index contributed by atoms with van der Waals surface area (Å²) in [5, 5.41) is 44.3. The Morgan fingerprint density at radius 2 is 0.562 bits per heavy atom. The Bertz CT molecular complexity index is 6900. The molecule has 4 aromatic heterocycles. The first-order valence-electron chi connectivity index (χ1n) is 45.7. The van der Waals surface area contributed by atoms with Gasteiger partial charge < -0.3 is 42.6 Å². The van der Waals surface area contributed by atoms with E-state index in [0.717, 1.165) is 73.8 Å². The fourth-order valence-corrected chi connectivity index (χ4v) is 28.2. The van der Waals surface area contributed by atoms with Crippen molar-refractivity contribution in [3.05, 3.63) is 276 Å². The minimum atomic E-state index is -4.73. The first kappa shape index (κ1) is 112. The molecule has 146 heavy (non-hydrogen) atoms. The number of thiophene rings is 4. The second-order valence-electron chi connectivity index (χ2n) is 33.9. The van der Waals surface area contributed by atoms with Gasteiger partial charge in [-0.1, -0.05) is 30.3 Å². The van der Waals surface area contributed by atoms with E-state index in [4.69, 9.17) is 58.7 Å². The quantitative estimate of drug-likeness (QED) is 0.00776. The van der Waals surface area contributed by atoms with E-state index in [1.165, 1.54) is 194 Å². The molecule has 8 heterocycles. The first-order valence-corrected chi connectivity index (χ1v) is 55.2. The molecule has 4 fully saturated rings. The van der Waals surface area contributed by atoms with E-state index >= 15 is 0 Å². The highest BCUT2D eigenvalue weighted by Gasteiger charge is 2.56. The predicted octanol–water partition coefficient (Wildman–Crippen LogP) is 18.6. The lowest BCUT2D eigenvalue weighted by Crippen LogP contribution is -2.54. The summed E-state index contributed by atoms with van der Waals surface area (Å²) < 4.78 is 251. The number of hydrogen-bond donors (Lipinski definition) is 8. The fraction of sp³-hybridized carbons (Fsp3) is 0.327. The number of alkyl halides is 3. The number of halogens is 8. The lowest BCUT2D eigenvalue weighted by atomic mass is 9.98. The van der Waals surface area contributed by atoms with Crippen molar-refractivity contribution in [1.82, 2.24) is 21.9 Å². The number of amides is 4. The van der Waals surface area contributed by atoms with Crippen LogP contribution >= 0.6 is 45.3 Å². The highest BCUT2D eigenvalue weighted by molar-refractivity contribution is 7.94. The van der Waals surface area contributed by atoms with Crippen molar-refractivity contribution < 1.29 is 151 Å². The number of benzene rings is 8. The zero-order chi connectivity index (χ0) is 105. The van der Waals surface area contributed by atoms with E-state index in [2.05, 4.69) is 10.8 Å². The molecule has 0 bridgehead atoms. The minimum absolute atomic E-state index is 0.0118. The van der Waals surface area contributed by atoms with Crippen molar-refractivity contribution in [2.75, 3.05) is 79.3 Å². The van der Waals surface area contributed by atoms with Crippen LogP contribution in [-0.4, -0.2) is 183 Å². The molecule has 4 aliphatic rings. The number of aryl methyl sites for hydroxylation is 4. The van der Waals surface area contributed by atoms with E-state index < -0.39 is 112 Å². The number of rotatable bonds is 37. The summed E-state index contributed by atoms with van der Waals surface area (Å²) in [4.78, 5) is 53.6.